The number of pyridine rings is 1. The molecule has 4 heteroatoms. The highest BCUT2D eigenvalue weighted by Gasteiger charge is 2.07. The molecule has 0 aliphatic carbocycles. The highest BCUT2D eigenvalue weighted by atomic mass is 16.2. The van der Waals surface area contributed by atoms with E-state index in [1.165, 1.54) is 0 Å². The van der Waals surface area contributed by atoms with Crippen LogP contribution >= 0.6 is 0 Å². The Morgan fingerprint density at radius 2 is 2.12 bits per heavy atom. The van der Waals surface area contributed by atoms with Gasteiger partial charge in [-0.1, -0.05) is 0 Å². The van der Waals surface area contributed by atoms with Crippen LogP contribution in [0.25, 0.3) is 0 Å². The highest BCUT2D eigenvalue weighted by Crippen LogP contribution is 2.03. The SMILES string of the molecule is CN(CCCN)C(=O)CCc1ccncc1. The average Bonchev–Trinajstić information content (AvgIpc) is 2.34. The van der Waals surface area contributed by atoms with E-state index in [-0.39, 0.29) is 5.91 Å². The van der Waals surface area contributed by atoms with E-state index in [9.17, 15) is 4.79 Å². The van der Waals surface area contributed by atoms with Crippen molar-refractivity contribution in [1.29, 1.82) is 0 Å². The summed E-state index contributed by atoms with van der Waals surface area (Å²) in [6, 6.07) is 3.88. The van der Waals surface area contributed by atoms with Gasteiger partial charge in [0.05, 0.1) is 0 Å². The third-order valence-corrected chi connectivity index (χ3v) is 2.50. The summed E-state index contributed by atoms with van der Waals surface area (Å²) in [4.78, 5) is 17.4. The molecule has 0 unspecified atom stereocenters. The molecule has 1 heterocycles. The molecule has 0 spiro atoms. The van der Waals surface area contributed by atoms with Gasteiger partial charge in [-0.3, -0.25) is 9.78 Å². The van der Waals surface area contributed by atoms with Crippen LogP contribution < -0.4 is 5.73 Å². The second kappa shape index (κ2) is 6.95. The summed E-state index contributed by atoms with van der Waals surface area (Å²) in [5.41, 5.74) is 6.55. The summed E-state index contributed by atoms with van der Waals surface area (Å²) in [6.07, 6.45) is 5.67. The van der Waals surface area contributed by atoms with Crippen molar-refractivity contribution < 1.29 is 4.79 Å². The lowest BCUT2D eigenvalue weighted by atomic mass is 10.1. The van der Waals surface area contributed by atoms with Crippen molar-refractivity contribution in [2.75, 3.05) is 20.1 Å². The number of carbonyl (C=O) groups excluding carboxylic acids is 1. The van der Waals surface area contributed by atoms with Crippen molar-refractivity contribution in [1.82, 2.24) is 9.88 Å². The molecular formula is C12H19N3O. The number of hydrogen-bond acceptors (Lipinski definition) is 3. The zero-order chi connectivity index (χ0) is 11.8. The second-order valence-electron chi connectivity index (χ2n) is 3.81. The number of nitrogens with two attached hydrogens (primary N) is 1. The number of rotatable bonds is 6. The van der Waals surface area contributed by atoms with Crippen molar-refractivity contribution in [3.05, 3.63) is 30.1 Å². The van der Waals surface area contributed by atoms with Crippen molar-refractivity contribution >= 4 is 5.91 Å². The number of aryl methyl sites for hydroxylation is 1. The first-order chi connectivity index (χ1) is 7.74. The predicted octanol–water partition coefficient (Wildman–Crippen LogP) is 0.821. The fourth-order valence-corrected chi connectivity index (χ4v) is 1.44. The predicted molar refractivity (Wildman–Crippen MR) is 63.9 cm³/mol. The van der Waals surface area contributed by atoms with Gasteiger partial charge in [0.1, 0.15) is 0 Å². The van der Waals surface area contributed by atoms with Crippen LogP contribution in [0.5, 0.6) is 0 Å². The molecule has 0 bridgehead atoms. The summed E-state index contributed by atoms with van der Waals surface area (Å²) in [5.74, 6) is 0.172. The van der Waals surface area contributed by atoms with E-state index in [0.29, 0.717) is 13.0 Å². The summed E-state index contributed by atoms with van der Waals surface area (Å²) in [6.45, 7) is 1.37. The van der Waals surface area contributed by atoms with Crippen molar-refractivity contribution in [2.45, 2.75) is 19.3 Å². The lowest BCUT2D eigenvalue weighted by Gasteiger charge is -2.16. The molecule has 4 nitrogen and oxygen atoms in total. The fraction of sp³-hybridized carbons (Fsp3) is 0.500. The Balaban J connectivity index is 2.29. The Morgan fingerprint density at radius 1 is 1.44 bits per heavy atom. The minimum absolute atomic E-state index is 0.172. The Morgan fingerprint density at radius 3 is 2.75 bits per heavy atom. The van der Waals surface area contributed by atoms with E-state index in [2.05, 4.69) is 4.98 Å². The quantitative estimate of drug-likeness (QED) is 0.773. The van der Waals surface area contributed by atoms with Crippen LogP contribution in [0.2, 0.25) is 0 Å². The Hall–Kier alpha value is -1.42. The molecule has 1 aromatic rings. The maximum atomic E-state index is 11.7. The first kappa shape index (κ1) is 12.6. The molecule has 2 N–H and O–H groups in total. The van der Waals surface area contributed by atoms with Gasteiger partial charge in [-0.05, 0) is 37.1 Å². The van der Waals surface area contributed by atoms with E-state index < -0.39 is 0 Å². The minimum Gasteiger partial charge on any atom is -0.346 e. The zero-order valence-electron chi connectivity index (χ0n) is 9.72. The second-order valence-corrected chi connectivity index (χ2v) is 3.81. The van der Waals surface area contributed by atoms with Crippen molar-refractivity contribution in [3.8, 4) is 0 Å². The molecule has 0 radical (unpaired) electrons. The molecule has 1 rings (SSSR count). The van der Waals surface area contributed by atoms with E-state index in [4.69, 9.17) is 5.73 Å². The lowest BCUT2D eigenvalue weighted by Crippen LogP contribution is -2.29. The largest absolute Gasteiger partial charge is 0.346 e. The molecule has 0 aromatic carbocycles. The van der Waals surface area contributed by atoms with E-state index >= 15 is 0 Å². The molecule has 1 aromatic heterocycles. The van der Waals surface area contributed by atoms with E-state index in [1.807, 2.05) is 19.2 Å². The highest BCUT2D eigenvalue weighted by molar-refractivity contribution is 5.76. The molecule has 88 valence electrons. The summed E-state index contributed by atoms with van der Waals surface area (Å²) >= 11 is 0. The van der Waals surface area contributed by atoms with Crippen LogP contribution in [-0.2, 0) is 11.2 Å². The van der Waals surface area contributed by atoms with Gasteiger partial charge in [-0.25, -0.2) is 0 Å². The molecule has 0 aliphatic rings. The van der Waals surface area contributed by atoms with Gasteiger partial charge in [-0.15, -0.1) is 0 Å². The number of hydrogen-bond donors (Lipinski definition) is 1. The van der Waals surface area contributed by atoms with Crippen molar-refractivity contribution in [2.24, 2.45) is 5.73 Å². The molecule has 0 saturated heterocycles. The Labute approximate surface area is 96.5 Å². The van der Waals surface area contributed by atoms with Crippen LogP contribution in [0.1, 0.15) is 18.4 Å². The number of amides is 1. The van der Waals surface area contributed by atoms with Gasteiger partial charge in [0.2, 0.25) is 5.91 Å². The third-order valence-electron chi connectivity index (χ3n) is 2.50. The minimum atomic E-state index is 0.172. The third kappa shape index (κ3) is 4.40. The maximum absolute atomic E-state index is 11.7. The number of nitrogens with zero attached hydrogens (tertiary/aromatic N) is 2. The van der Waals surface area contributed by atoms with Crippen molar-refractivity contribution in [3.63, 3.8) is 0 Å². The van der Waals surface area contributed by atoms with E-state index in [1.54, 1.807) is 17.3 Å². The molecule has 0 aliphatic heterocycles. The van der Waals surface area contributed by atoms with Gasteiger partial charge in [0.25, 0.3) is 0 Å². The molecule has 0 saturated carbocycles. The van der Waals surface area contributed by atoms with Crippen LogP contribution in [0.3, 0.4) is 0 Å². The van der Waals surface area contributed by atoms with Gasteiger partial charge in [0.15, 0.2) is 0 Å². The molecule has 1 amide bonds. The standard InChI is InChI=1S/C12H19N3O/c1-15(10-2-7-13)12(16)4-3-11-5-8-14-9-6-11/h5-6,8-9H,2-4,7,10,13H2,1H3. The van der Waals surface area contributed by atoms with Gasteiger partial charge < -0.3 is 10.6 Å². The summed E-state index contributed by atoms with van der Waals surface area (Å²) in [5, 5.41) is 0. The van der Waals surface area contributed by atoms with Gasteiger partial charge in [0, 0.05) is 32.4 Å². The Kier molecular flexibility index (Phi) is 5.50. The van der Waals surface area contributed by atoms with Crippen LogP contribution in [0, 0.1) is 0 Å². The first-order valence-electron chi connectivity index (χ1n) is 5.57. The van der Waals surface area contributed by atoms with E-state index in [0.717, 1.165) is 24.9 Å². The monoisotopic (exact) mass is 221 g/mol. The fourth-order valence-electron chi connectivity index (χ4n) is 1.44. The summed E-state index contributed by atoms with van der Waals surface area (Å²) < 4.78 is 0. The maximum Gasteiger partial charge on any atom is 0.222 e. The van der Waals surface area contributed by atoms with Crippen LogP contribution in [0.15, 0.2) is 24.5 Å². The topological polar surface area (TPSA) is 59.2 Å². The molecule has 16 heavy (non-hydrogen) atoms. The molecule has 0 fully saturated rings. The van der Waals surface area contributed by atoms with Gasteiger partial charge in [-0.2, -0.15) is 0 Å². The summed E-state index contributed by atoms with van der Waals surface area (Å²) in [7, 11) is 1.82. The smallest absolute Gasteiger partial charge is 0.222 e. The molecular weight excluding hydrogens is 202 g/mol. The first-order valence-corrected chi connectivity index (χ1v) is 5.57. The van der Waals surface area contributed by atoms with Crippen LogP contribution in [-0.4, -0.2) is 35.9 Å². The normalized spacial score (nSPS) is 10.1. The molecule has 0 atom stereocenters. The average molecular weight is 221 g/mol. The number of aromatic nitrogens is 1. The Bertz CT molecular complexity index is 313. The lowest BCUT2D eigenvalue weighted by molar-refractivity contribution is -0.129. The zero-order valence-corrected chi connectivity index (χ0v) is 9.72. The van der Waals surface area contributed by atoms with Gasteiger partial charge >= 0.3 is 0 Å². The number of carbonyl (C=O) groups is 1. The van der Waals surface area contributed by atoms with Crippen LogP contribution in [0.4, 0.5) is 0 Å².